The molecule has 0 aromatic heterocycles. The average molecular weight is 279 g/mol. The summed E-state index contributed by atoms with van der Waals surface area (Å²) in [4.78, 5) is 0. The summed E-state index contributed by atoms with van der Waals surface area (Å²) < 4.78 is 0. The lowest BCUT2D eigenvalue weighted by atomic mass is 9.79. The molecule has 0 amide bonds. The predicted molar refractivity (Wildman–Crippen MR) is 91.6 cm³/mol. The maximum Gasteiger partial charge on any atom is 0.0985 e. The minimum atomic E-state index is 0.411. The molecule has 1 fully saturated rings. The van der Waals surface area contributed by atoms with E-state index in [9.17, 15) is 0 Å². The highest BCUT2D eigenvalue weighted by Crippen LogP contribution is 2.32. The SMILES string of the molecule is C=C(C#N)/C=C\C(=C)C(=C)/C=C\C(=C)C1CCC(C)CC1. The summed E-state index contributed by atoms with van der Waals surface area (Å²) in [5.74, 6) is 1.46. The van der Waals surface area contributed by atoms with Crippen LogP contribution in [0.3, 0.4) is 0 Å². The van der Waals surface area contributed by atoms with Crippen molar-refractivity contribution < 1.29 is 0 Å². The zero-order valence-corrected chi connectivity index (χ0v) is 13.1. The van der Waals surface area contributed by atoms with E-state index in [1.54, 1.807) is 12.2 Å². The summed E-state index contributed by atoms with van der Waals surface area (Å²) in [5, 5.41) is 8.65. The summed E-state index contributed by atoms with van der Waals surface area (Å²) in [6, 6.07) is 1.97. The Labute approximate surface area is 129 Å². The van der Waals surface area contributed by atoms with E-state index in [4.69, 9.17) is 5.26 Å². The minimum absolute atomic E-state index is 0.411. The predicted octanol–water partition coefficient (Wildman–Crippen LogP) is 5.67. The molecular weight excluding hydrogens is 254 g/mol. The molecule has 21 heavy (non-hydrogen) atoms. The van der Waals surface area contributed by atoms with Gasteiger partial charge in [0.25, 0.3) is 0 Å². The van der Waals surface area contributed by atoms with Gasteiger partial charge in [0.1, 0.15) is 0 Å². The van der Waals surface area contributed by atoms with Gasteiger partial charge >= 0.3 is 0 Å². The summed E-state index contributed by atoms with van der Waals surface area (Å²) in [6.45, 7) is 18.0. The molecule has 110 valence electrons. The maximum atomic E-state index is 8.65. The molecule has 1 rings (SSSR count). The van der Waals surface area contributed by atoms with E-state index in [-0.39, 0.29) is 0 Å². The normalized spacial score (nSPS) is 22.1. The molecule has 0 N–H and O–H groups in total. The van der Waals surface area contributed by atoms with Crippen molar-refractivity contribution in [3.8, 4) is 6.07 Å². The molecule has 0 aliphatic heterocycles. The first-order chi connectivity index (χ1) is 9.93. The van der Waals surface area contributed by atoms with E-state index in [2.05, 4.69) is 39.3 Å². The molecule has 0 bridgehead atoms. The van der Waals surface area contributed by atoms with Crippen LogP contribution in [-0.4, -0.2) is 0 Å². The van der Waals surface area contributed by atoms with Crippen LogP contribution in [0.5, 0.6) is 0 Å². The molecule has 0 atom stereocenters. The summed E-state index contributed by atoms with van der Waals surface area (Å²) >= 11 is 0. The van der Waals surface area contributed by atoms with Crippen LogP contribution in [-0.2, 0) is 0 Å². The van der Waals surface area contributed by atoms with Gasteiger partial charge in [0.05, 0.1) is 6.07 Å². The molecule has 1 aliphatic carbocycles. The third-order valence-corrected chi connectivity index (χ3v) is 4.08. The maximum absolute atomic E-state index is 8.65. The van der Waals surface area contributed by atoms with E-state index in [0.717, 1.165) is 17.1 Å². The van der Waals surface area contributed by atoms with Crippen molar-refractivity contribution in [3.05, 3.63) is 72.9 Å². The summed E-state index contributed by atoms with van der Waals surface area (Å²) in [7, 11) is 0. The average Bonchev–Trinajstić information content (AvgIpc) is 2.50. The minimum Gasteiger partial charge on any atom is -0.192 e. The van der Waals surface area contributed by atoms with Crippen LogP contribution in [0.2, 0.25) is 0 Å². The Kier molecular flexibility index (Phi) is 6.69. The zero-order chi connectivity index (χ0) is 15.8. The molecule has 1 saturated carbocycles. The van der Waals surface area contributed by atoms with Crippen LogP contribution in [0.1, 0.15) is 32.6 Å². The van der Waals surface area contributed by atoms with Crippen LogP contribution in [0.25, 0.3) is 0 Å². The topological polar surface area (TPSA) is 23.8 Å². The van der Waals surface area contributed by atoms with Crippen LogP contribution in [0.4, 0.5) is 0 Å². The largest absolute Gasteiger partial charge is 0.192 e. The summed E-state index contributed by atoms with van der Waals surface area (Å²) in [5.41, 5.74) is 3.21. The molecule has 0 aromatic carbocycles. The van der Waals surface area contributed by atoms with E-state index in [1.807, 2.05) is 12.1 Å². The van der Waals surface area contributed by atoms with Crippen LogP contribution in [0, 0.1) is 23.2 Å². The molecule has 0 spiro atoms. The van der Waals surface area contributed by atoms with Crippen LogP contribution < -0.4 is 0 Å². The zero-order valence-electron chi connectivity index (χ0n) is 13.1. The number of nitriles is 1. The second kappa shape index (κ2) is 8.27. The smallest absolute Gasteiger partial charge is 0.0985 e. The molecular formula is C20H25N. The first kappa shape index (κ1) is 17.0. The number of rotatable bonds is 6. The Morgan fingerprint density at radius 3 is 1.95 bits per heavy atom. The second-order valence-electron chi connectivity index (χ2n) is 5.89. The van der Waals surface area contributed by atoms with Crippen molar-refractivity contribution in [2.24, 2.45) is 11.8 Å². The Bertz CT molecular complexity index is 529. The lowest BCUT2D eigenvalue weighted by Crippen LogP contribution is -2.13. The van der Waals surface area contributed by atoms with Crippen molar-refractivity contribution in [3.63, 3.8) is 0 Å². The van der Waals surface area contributed by atoms with Gasteiger partial charge in [0, 0.05) is 5.57 Å². The second-order valence-corrected chi connectivity index (χ2v) is 5.89. The lowest BCUT2D eigenvalue weighted by molar-refractivity contribution is 0.324. The van der Waals surface area contributed by atoms with Gasteiger partial charge in [-0.15, -0.1) is 0 Å². The van der Waals surface area contributed by atoms with Gasteiger partial charge in [0.15, 0.2) is 0 Å². The van der Waals surface area contributed by atoms with Gasteiger partial charge in [0.2, 0.25) is 0 Å². The number of allylic oxidation sites excluding steroid dienone is 8. The van der Waals surface area contributed by atoms with Gasteiger partial charge < -0.3 is 0 Å². The lowest BCUT2D eigenvalue weighted by Gasteiger charge is -2.26. The molecule has 0 unspecified atom stereocenters. The molecule has 0 saturated heterocycles. The monoisotopic (exact) mass is 279 g/mol. The highest BCUT2D eigenvalue weighted by Gasteiger charge is 2.19. The van der Waals surface area contributed by atoms with Gasteiger partial charge in [-0.2, -0.15) is 5.26 Å². The van der Waals surface area contributed by atoms with E-state index in [1.165, 1.54) is 31.3 Å². The van der Waals surface area contributed by atoms with Gasteiger partial charge in [-0.1, -0.05) is 69.9 Å². The third kappa shape index (κ3) is 5.83. The number of nitrogens with zero attached hydrogens (tertiary/aromatic N) is 1. The van der Waals surface area contributed by atoms with E-state index >= 15 is 0 Å². The molecule has 0 heterocycles. The van der Waals surface area contributed by atoms with Gasteiger partial charge in [-0.25, -0.2) is 0 Å². The standard InChI is InChI=1S/C20H25N/c1-15-7-12-20(13-8-15)19(5)11-10-18(4)17(3)9-6-16(2)14-21/h6,9-11,15,20H,2-5,7-8,12-13H2,1H3/b9-6-,11-10-. The fraction of sp³-hybridized carbons (Fsp3) is 0.350. The Balaban J connectivity index is 2.52. The van der Waals surface area contributed by atoms with Crippen molar-refractivity contribution in [2.45, 2.75) is 32.6 Å². The highest BCUT2D eigenvalue weighted by molar-refractivity contribution is 5.46. The van der Waals surface area contributed by atoms with Gasteiger partial charge in [-0.3, -0.25) is 0 Å². The van der Waals surface area contributed by atoms with Crippen molar-refractivity contribution in [2.75, 3.05) is 0 Å². The molecule has 1 aliphatic rings. The quantitative estimate of drug-likeness (QED) is 0.453. The fourth-order valence-electron chi connectivity index (χ4n) is 2.43. The Morgan fingerprint density at radius 1 is 0.905 bits per heavy atom. The molecule has 0 aromatic rings. The highest BCUT2D eigenvalue weighted by atomic mass is 14.2. The number of hydrogen-bond donors (Lipinski definition) is 0. The van der Waals surface area contributed by atoms with Crippen molar-refractivity contribution >= 4 is 0 Å². The first-order valence-corrected chi connectivity index (χ1v) is 7.46. The van der Waals surface area contributed by atoms with E-state index < -0.39 is 0 Å². The fourth-order valence-corrected chi connectivity index (χ4v) is 2.43. The third-order valence-electron chi connectivity index (χ3n) is 4.08. The van der Waals surface area contributed by atoms with Crippen molar-refractivity contribution in [1.82, 2.24) is 0 Å². The molecule has 1 heteroatoms. The molecule has 0 radical (unpaired) electrons. The van der Waals surface area contributed by atoms with Crippen LogP contribution in [0.15, 0.2) is 72.9 Å². The Morgan fingerprint density at radius 2 is 1.43 bits per heavy atom. The Hall–Kier alpha value is -2.07. The summed E-state index contributed by atoms with van der Waals surface area (Å²) in [6.07, 6.45) is 12.5. The first-order valence-electron chi connectivity index (χ1n) is 7.46. The van der Waals surface area contributed by atoms with Crippen molar-refractivity contribution in [1.29, 1.82) is 5.26 Å². The number of hydrogen-bond acceptors (Lipinski definition) is 1. The van der Waals surface area contributed by atoms with Crippen LogP contribution >= 0.6 is 0 Å². The van der Waals surface area contributed by atoms with E-state index in [0.29, 0.717) is 11.5 Å². The van der Waals surface area contributed by atoms with Gasteiger partial charge in [-0.05, 0) is 41.9 Å². The molecule has 1 nitrogen and oxygen atoms in total.